The number of amides is 1. The maximum absolute atomic E-state index is 12.3. The zero-order chi connectivity index (χ0) is 16.9. The van der Waals surface area contributed by atoms with Gasteiger partial charge in [0.15, 0.2) is 0 Å². The average Bonchev–Trinajstić information content (AvgIpc) is 2.60. The summed E-state index contributed by atoms with van der Waals surface area (Å²) in [6, 6.07) is 9.98. The van der Waals surface area contributed by atoms with Gasteiger partial charge in [-0.05, 0) is 36.8 Å². The molecular weight excluding hydrogens is 308 g/mol. The number of nitrogens with zero attached hydrogens (tertiary/aromatic N) is 1. The van der Waals surface area contributed by atoms with Gasteiger partial charge in [-0.15, -0.1) is 0 Å². The van der Waals surface area contributed by atoms with E-state index >= 15 is 0 Å². The van der Waals surface area contributed by atoms with E-state index < -0.39 is 11.5 Å². The zero-order valence-electron chi connectivity index (χ0n) is 13.1. The van der Waals surface area contributed by atoms with Gasteiger partial charge < -0.3 is 14.5 Å². The second kappa shape index (κ2) is 6.95. The lowest BCUT2D eigenvalue weighted by Crippen LogP contribution is -2.20. The lowest BCUT2D eigenvalue weighted by atomic mass is 10.1. The van der Waals surface area contributed by atoms with Crippen LogP contribution in [0.1, 0.15) is 23.7 Å². The van der Waals surface area contributed by atoms with Crippen molar-refractivity contribution in [1.82, 2.24) is 4.98 Å². The minimum Gasteiger partial charge on any atom is -0.493 e. The Kier molecular flexibility index (Phi) is 4.56. The molecule has 0 fully saturated rings. The van der Waals surface area contributed by atoms with Crippen molar-refractivity contribution in [2.24, 2.45) is 0 Å². The van der Waals surface area contributed by atoms with Crippen LogP contribution in [0.3, 0.4) is 0 Å². The van der Waals surface area contributed by atoms with Gasteiger partial charge >= 0.3 is 5.63 Å². The minimum absolute atomic E-state index is 0.0541. The number of rotatable bonds is 5. The van der Waals surface area contributed by atoms with E-state index in [1.54, 1.807) is 42.7 Å². The SMILES string of the molecule is CCCOc1ccc2cc(C(=O)Nc3ccncc3)c(=O)oc2c1. The summed E-state index contributed by atoms with van der Waals surface area (Å²) < 4.78 is 10.8. The summed E-state index contributed by atoms with van der Waals surface area (Å²) in [7, 11) is 0. The molecule has 0 unspecified atom stereocenters. The maximum atomic E-state index is 12.3. The van der Waals surface area contributed by atoms with E-state index in [-0.39, 0.29) is 5.56 Å². The molecule has 0 aliphatic carbocycles. The van der Waals surface area contributed by atoms with Crippen LogP contribution in [0.2, 0.25) is 0 Å². The Hall–Kier alpha value is -3.15. The Morgan fingerprint density at radius 1 is 1.21 bits per heavy atom. The van der Waals surface area contributed by atoms with Crippen molar-refractivity contribution in [2.45, 2.75) is 13.3 Å². The van der Waals surface area contributed by atoms with Crippen molar-refractivity contribution in [3.05, 3.63) is 64.8 Å². The Morgan fingerprint density at radius 3 is 2.75 bits per heavy atom. The Balaban J connectivity index is 1.90. The number of carbonyl (C=O) groups excluding carboxylic acids is 1. The molecule has 2 aromatic heterocycles. The molecule has 1 N–H and O–H groups in total. The normalized spacial score (nSPS) is 10.5. The molecule has 0 aliphatic rings. The molecule has 24 heavy (non-hydrogen) atoms. The standard InChI is InChI=1S/C18H16N2O4/c1-2-9-23-14-4-3-12-10-15(18(22)24-16(12)11-14)17(21)20-13-5-7-19-8-6-13/h3-8,10-11H,2,9H2,1H3,(H,19,20,21). The molecule has 0 bridgehead atoms. The number of hydrogen-bond acceptors (Lipinski definition) is 5. The van der Waals surface area contributed by atoms with Gasteiger partial charge in [0.25, 0.3) is 5.91 Å². The van der Waals surface area contributed by atoms with E-state index in [0.29, 0.717) is 29.0 Å². The minimum atomic E-state index is -0.693. The number of ether oxygens (including phenoxy) is 1. The van der Waals surface area contributed by atoms with Crippen LogP contribution in [-0.2, 0) is 0 Å². The average molecular weight is 324 g/mol. The van der Waals surface area contributed by atoms with Gasteiger partial charge in [0.1, 0.15) is 16.9 Å². The van der Waals surface area contributed by atoms with Gasteiger partial charge in [-0.3, -0.25) is 9.78 Å². The predicted molar refractivity (Wildman–Crippen MR) is 90.5 cm³/mol. The first kappa shape index (κ1) is 15.7. The van der Waals surface area contributed by atoms with Crippen molar-refractivity contribution in [3.8, 4) is 5.75 Å². The van der Waals surface area contributed by atoms with Crippen LogP contribution in [0.15, 0.2) is 58.0 Å². The highest BCUT2D eigenvalue weighted by Gasteiger charge is 2.14. The van der Waals surface area contributed by atoms with Crippen molar-refractivity contribution < 1.29 is 13.9 Å². The Morgan fingerprint density at radius 2 is 2.00 bits per heavy atom. The Labute approximate surface area is 138 Å². The molecule has 1 aromatic carbocycles. The topological polar surface area (TPSA) is 81.4 Å². The molecule has 1 amide bonds. The third-order valence-electron chi connectivity index (χ3n) is 3.36. The number of fused-ring (bicyclic) bond motifs is 1. The molecule has 0 spiro atoms. The van der Waals surface area contributed by atoms with Crippen LogP contribution in [0, 0.1) is 0 Å². The quantitative estimate of drug-likeness (QED) is 0.729. The lowest BCUT2D eigenvalue weighted by molar-refractivity contribution is 0.102. The molecule has 0 saturated heterocycles. The molecule has 6 heteroatoms. The monoisotopic (exact) mass is 324 g/mol. The van der Waals surface area contributed by atoms with E-state index in [4.69, 9.17) is 9.15 Å². The first-order valence-electron chi connectivity index (χ1n) is 7.59. The second-order valence-corrected chi connectivity index (χ2v) is 5.19. The number of nitrogens with one attached hydrogen (secondary N) is 1. The largest absolute Gasteiger partial charge is 0.493 e. The number of anilines is 1. The smallest absolute Gasteiger partial charge is 0.349 e. The van der Waals surface area contributed by atoms with Crippen molar-refractivity contribution in [3.63, 3.8) is 0 Å². The van der Waals surface area contributed by atoms with Gasteiger partial charge in [0, 0.05) is 29.5 Å². The number of benzene rings is 1. The lowest BCUT2D eigenvalue weighted by Gasteiger charge is -2.07. The molecule has 0 saturated carbocycles. The Bertz CT molecular complexity index is 919. The zero-order valence-corrected chi connectivity index (χ0v) is 13.1. The van der Waals surface area contributed by atoms with E-state index in [1.807, 2.05) is 6.92 Å². The molecule has 2 heterocycles. The number of pyridine rings is 1. The van der Waals surface area contributed by atoms with Crippen LogP contribution in [0.4, 0.5) is 5.69 Å². The van der Waals surface area contributed by atoms with Crippen LogP contribution < -0.4 is 15.7 Å². The second-order valence-electron chi connectivity index (χ2n) is 5.19. The van der Waals surface area contributed by atoms with Crippen molar-refractivity contribution in [2.75, 3.05) is 11.9 Å². The van der Waals surface area contributed by atoms with Crippen LogP contribution in [-0.4, -0.2) is 17.5 Å². The van der Waals surface area contributed by atoms with E-state index in [9.17, 15) is 9.59 Å². The fourth-order valence-corrected chi connectivity index (χ4v) is 2.19. The third-order valence-corrected chi connectivity index (χ3v) is 3.36. The summed E-state index contributed by atoms with van der Waals surface area (Å²) in [6.45, 7) is 2.59. The highest BCUT2D eigenvalue weighted by atomic mass is 16.5. The number of carbonyl (C=O) groups is 1. The van der Waals surface area contributed by atoms with Gasteiger partial charge in [0.05, 0.1) is 6.61 Å². The van der Waals surface area contributed by atoms with E-state index in [2.05, 4.69) is 10.3 Å². The van der Waals surface area contributed by atoms with Crippen molar-refractivity contribution >= 4 is 22.6 Å². The van der Waals surface area contributed by atoms with Crippen LogP contribution in [0.25, 0.3) is 11.0 Å². The molecule has 0 atom stereocenters. The van der Waals surface area contributed by atoms with Gasteiger partial charge in [-0.25, -0.2) is 4.79 Å². The first-order valence-corrected chi connectivity index (χ1v) is 7.59. The summed E-state index contributed by atoms with van der Waals surface area (Å²) in [5.41, 5.74) is 0.190. The van der Waals surface area contributed by atoms with Gasteiger partial charge in [-0.2, -0.15) is 0 Å². The highest BCUT2D eigenvalue weighted by molar-refractivity contribution is 6.05. The summed E-state index contributed by atoms with van der Waals surface area (Å²) in [6.07, 6.45) is 3.99. The molecule has 122 valence electrons. The molecular formula is C18H16N2O4. The van der Waals surface area contributed by atoms with Gasteiger partial charge in [0.2, 0.25) is 0 Å². The third kappa shape index (κ3) is 3.43. The summed E-state index contributed by atoms with van der Waals surface area (Å²) in [4.78, 5) is 28.3. The van der Waals surface area contributed by atoms with E-state index in [1.165, 1.54) is 6.07 Å². The molecule has 0 radical (unpaired) electrons. The summed E-state index contributed by atoms with van der Waals surface area (Å²) in [5, 5.41) is 3.29. The number of hydrogen-bond donors (Lipinski definition) is 1. The van der Waals surface area contributed by atoms with Crippen LogP contribution in [0.5, 0.6) is 5.75 Å². The highest BCUT2D eigenvalue weighted by Crippen LogP contribution is 2.21. The van der Waals surface area contributed by atoms with E-state index in [0.717, 1.165) is 6.42 Å². The van der Waals surface area contributed by atoms with Crippen molar-refractivity contribution in [1.29, 1.82) is 0 Å². The molecule has 0 aliphatic heterocycles. The summed E-state index contributed by atoms with van der Waals surface area (Å²) in [5.74, 6) is 0.102. The maximum Gasteiger partial charge on any atom is 0.349 e. The molecule has 6 nitrogen and oxygen atoms in total. The predicted octanol–water partition coefficient (Wildman–Crippen LogP) is 3.23. The molecule has 3 rings (SSSR count). The van der Waals surface area contributed by atoms with Gasteiger partial charge in [-0.1, -0.05) is 6.92 Å². The van der Waals surface area contributed by atoms with Crippen LogP contribution >= 0.6 is 0 Å². The fourth-order valence-electron chi connectivity index (χ4n) is 2.19. The molecule has 3 aromatic rings. The first-order chi connectivity index (χ1) is 11.7. The summed E-state index contributed by atoms with van der Waals surface area (Å²) >= 11 is 0. The fraction of sp³-hybridized carbons (Fsp3) is 0.167. The number of aromatic nitrogens is 1.